The lowest BCUT2D eigenvalue weighted by molar-refractivity contribution is -0.384. The highest BCUT2D eigenvalue weighted by Crippen LogP contribution is 2.31. The number of benzene rings is 3. The third-order valence-corrected chi connectivity index (χ3v) is 24.6. The van der Waals surface area contributed by atoms with Crippen molar-refractivity contribution >= 4 is 101 Å². The molecule has 2 aliphatic rings. The number of nitrogens with one attached hydrogen (secondary N) is 7. The van der Waals surface area contributed by atoms with Crippen LogP contribution in [0.3, 0.4) is 0 Å². The molecule has 0 saturated heterocycles. The highest BCUT2D eigenvalue weighted by Gasteiger charge is 2.43. The van der Waals surface area contributed by atoms with Gasteiger partial charge in [0.2, 0.25) is 47.3 Å². The van der Waals surface area contributed by atoms with Gasteiger partial charge in [-0.3, -0.25) is 58.1 Å². The van der Waals surface area contributed by atoms with Gasteiger partial charge in [-0.1, -0.05) is 167 Å². The van der Waals surface area contributed by atoms with Gasteiger partial charge in [0.25, 0.3) is 17.5 Å². The molecule has 2 unspecified atom stereocenters. The zero-order chi connectivity index (χ0) is 110. The molecule has 0 radical (unpaired) electrons. The van der Waals surface area contributed by atoms with Gasteiger partial charge in [-0.2, -0.15) is 0 Å². The molecule has 3 aromatic carbocycles. The Morgan fingerprint density at radius 1 is 0.514 bits per heavy atom. The molecule has 42 nitrogen and oxygen atoms in total. The van der Waals surface area contributed by atoms with Crippen molar-refractivity contribution in [1.82, 2.24) is 56.8 Å². The first-order valence-electron chi connectivity index (χ1n) is 49.3. The zero-order valence-electron chi connectivity index (χ0n) is 88.9. The van der Waals surface area contributed by atoms with Gasteiger partial charge in [0, 0.05) is 102 Å². The summed E-state index contributed by atoms with van der Waals surface area (Å²) in [4.78, 5) is 236. The average molecular weight is 2050 g/mol. The molecule has 0 fully saturated rings. The number of aliphatic hydroxyl groups excluding tert-OH is 2. The van der Waals surface area contributed by atoms with E-state index in [4.69, 9.17) is 58.6 Å². The number of likely N-dealkylation sites (N-methyl/N-ethyl adjacent to an activating group) is 4. The number of amides is 11. The van der Waals surface area contributed by atoms with Crippen LogP contribution in [0.4, 0.5) is 15.3 Å². The van der Waals surface area contributed by atoms with Crippen molar-refractivity contribution in [3.8, 4) is 5.75 Å². The second kappa shape index (κ2) is 65.4. The maximum Gasteiger partial charge on any atom is 0.514 e. The smallest absolute Gasteiger partial charge is 0.456 e. The summed E-state index contributed by atoms with van der Waals surface area (Å²) >= 11 is 0. The molecule has 812 valence electrons. The molecule has 0 aromatic heterocycles. The maximum absolute atomic E-state index is 14.3. The van der Waals surface area contributed by atoms with Gasteiger partial charge in [-0.25, -0.2) is 28.8 Å². The molecule has 0 saturated carbocycles. The minimum absolute atomic E-state index is 0.00312. The normalized spacial score (nSPS) is 25.2. The Labute approximate surface area is 856 Å². The Morgan fingerprint density at radius 2 is 0.884 bits per heavy atom. The van der Waals surface area contributed by atoms with Crippen LogP contribution in [0, 0.1) is 45.6 Å². The number of ether oxygens (including phenoxy) is 9. The van der Waals surface area contributed by atoms with Crippen molar-refractivity contribution in [1.29, 1.82) is 0 Å². The minimum Gasteiger partial charge on any atom is -0.456 e. The Morgan fingerprint density at radius 3 is 1.23 bits per heavy atom. The standard InChI is InChI=1S/C51H70N6O14.C49H76N6O13.C4H11NO2/c1-13-30(5)43-46(60)53-35(10)50(64)71-44(31(6)14-2)33(8)40(70-51(65)68-38-23-21-37(22-24-38)57(66)67)25-20-32(7)49(63)69-41(26-29(3)4)45(59)52-34(9)47(61)56(12)39(27-36-18-16-15-17-19-36)48(62)55(11)28-42(58)54-43;1-13-30(5)41-44(59)52-35(10)48(63)68-42(31(6)14-2)33(8)38(67-49(64)50-22-24-65-25-23-56)21-20-32(7)47(62)66-39(26-29(3)4)43(58)51-34(9)45(60)55(12)37(27-36-18-16-15-17-19-36)46(61)54(11)28-40(57)53-41;5-1-3-7-4-2-6/h14-24,29-30,33-35,39-41,43-44H,13,25-28H2,1-12H3,(H,52,59)(H,53,60)(H,54,58);14-20,29-30,33-35,37-39,41-42,56H,13,21-28H2,1-12H3,(H,50,64)(H,51,58)(H,52,59)(H,53,57);6H,1-5H2/b2*31-14+,32-20+;/t30?,33-,34-,35+,39+,40-,41+,43-,44+;30?,33-,34-,35+,37+,38-,39+,41-,42+;/m00./s1. The van der Waals surface area contributed by atoms with E-state index in [1.807, 2.05) is 41.5 Å². The highest BCUT2D eigenvalue weighted by molar-refractivity contribution is 5.99. The van der Waals surface area contributed by atoms with Gasteiger partial charge in [-0.15, -0.1) is 0 Å². The topological polar surface area (TPSA) is 563 Å². The number of esters is 4. The number of nitro benzene ring substituents is 1. The van der Waals surface area contributed by atoms with E-state index < -0.39 is 222 Å². The second-order valence-electron chi connectivity index (χ2n) is 37.4. The molecule has 2 aliphatic heterocycles. The van der Waals surface area contributed by atoms with Crippen LogP contribution in [0.2, 0.25) is 0 Å². The van der Waals surface area contributed by atoms with E-state index in [9.17, 15) is 86.8 Å². The number of hydrogen-bond acceptors (Lipinski definition) is 30. The molecule has 0 bridgehead atoms. The fourth-order valence-electron chi connectivity index (χ4n) is 15.1. The summed E-state index contributed by atoms with van der Waals surface area (Å²) in [5.74, 6) is -13.1. The van der Waals surface area contributed by atoms with Crippen LogP contribution in [0.5, 0.6) is 5.75 Å². The summed E-state index contributed by atoms with van der Waals surface area (Å²) in [6.07, 6.45) is -1.94. The molecule has 2 heterocycles. The van der Waals surface area contributed by atoms with Gasteiger partial charge < -0.3 is 115 Å². The predicted molar refractivity (Wildman–Crippen MR) is 541 cm³/mol. The van der Waals surface area contributed by atoms with Crippen molar-refractivity contribution in [2.24, 2.45) is 41.2 Å². The fraction of sp³-hybridized carbons (Fsp3) is 0.596. The molecular formula is C104H157N13O29. The molecular weight excluding hydrogens is 1900 g/mol. The largest absolute Gasteiger partial charge is 0.514 e. The van der Waals surface area contributed by atoms with Crippen LogP contribution in [0.15, 0.2) is 132 Å². The molecule has 0 aliphatic carbocycles. The number of nitrogens with two attached hydrogens (primary N) is 1. The number of carbonyl (C=O) groups excluding carboxylic acids is 16. The predicted octanol–water partition coefficient (Wildman–Crippen LogP) is 7.30. The Kier molecular flexibility index (Phi) is 57.0. The number of nitro groups is 1. The molecule has 11 amide bonds. The molecule has 5 rings (SSSR count). The van der Waals surface area contributed by atoms with E-state index in [2.05, 4.69) is 37.2 Å². The molecule has 3 aromatic rings. The first-order valence-corrected chi connectivity index (χ1v) is 49.3. The van der Waals surface area contributed by atoms with Gasteiger partial charge in [0.15, 0.2) is 12.2 Å². The number of non-ortho nitro benzene ring substituents is 1. The van der Waals surface area contributed by atoms with Crippen molar-refractivity contribution in [3.05, 3.63) is 153 Å². The van der Waals surface area contributed by atoms with E-state index in [0.717, 1.165) is 27.5 Å². The third kappa shape index (κ3) is 43.3. The average Bonchev–Trinajstić information content (AvgIpc) is 0.820. The lowest BCUT2D eigenvalue weighted by Crippen LogP contribution is -2.57. The number of rotatable bonds is 27. The van der Waals surface area contributed by atoms with Crippen molar-refractivity contribution < 1.29 is 134 Å². The van der Waals surface area contributed by atoms with Gasteiger partial charge in [0.1, 0.15) is 78.5 Å². The number of hydrogen-bond donors (Lipinski definition) is 10. The summed E-state index contributed by atoms with van der Waals surface area (Å²) in [6, 6.07) is 13.0. The lowest BCUT2D eigenvalue weighted by atomic mass is 9.90. The van der Waals surface area contributed by atoms with E-state index in [-0.39, 0.29) is 106 Å². The van der Waals surface area contributed by atoms with Crippen LogP contribution < -0.4 is 47.7 Å². The van der Waals surface area contributed by atoms with Crippen molar-refractivity contribution in [2.75, 3.05) is 94.0 Å². The maximum atomic E-state index is 14.3. The monoisotopic (exact) mass is 2050 g/mol. The second-order valence-corrected chi connectivity index (χ2v) is 37.4. The SMILES string of the molecule is C/C=C(\C)[C@H]1OC(=O)[C@@H](C)NC(=O)[C@H](C(C)CC)NC(=O)CN(C)C(=O)[C@@H](Cc2ccccc2)N(C)C(=O)[C@H](C)NC(=O)[C@@H](CC(C)C)OC(=O)/C(C)=C/C[C@H](OC(=O)NCCOCCO)[C@@H]1C.C/C=C(\C)[C@H]1OC(=O)[C@@H](C)NC(=O)[C@H](C(C)CC)NC(=O)CN(C)C(=O)[C@@H](Cc2ccccc2)N(C)C(=O)[C@H](C)NC(=O)[C@@H](CC(C)C)OC(=O)/C(C)=C/C[C@H](OC(=O)Oc2ccc([N+](=O)[O-])cc2)[C@@H]1C.NCCOCCO. The van der Waals surface area contributed by atoms with E-state index >= 15 is 0 Å². The Balaban J connectivity index is 0.000000703. The first-order chi connectivity index (χ1) is 68.8. The van der Waals surface area contributed by atoms with E-state index in [0.29, 0.717) is 49.3 Å². The van der Waals surface area contributed by atoms with Crippen molar-refractivity contribution in [2.45, 2.75) is 275 Å². The number of aliphatic hydroxyl groups is 2. The molecule has 0 spiro atoms. The molecule has 18 atom stereocenters. The summed E-state index contributed by atoms with van der Waals surface area (Å²) in [5, 5.41) is 47.0. The number of nitrogens with zero attached hydrogens (tertiary/aromatic N) is 5. The van der Waals surface area contributed by atoms with Gasteiger partial charge >= 0.3 is 36.1 Å². The van der Waals surface area contributed by atoms with E-state index in [1.165, 1.54) is 104 Å². The number of alkyl carbamates (subject to hydrolysis) is 1. The Bertz CT molecular complexity index is 4900. The molecule has 42 heteroatoms. The van der Waals surface area contributed by atoms with Crippen LogP contribution >= 0.6 is 0 Å². The zero-order valence-corrected chi connectivity index (χ0v) is 88.9. The summed E-state index contributed by atoms with van der Waals surface area (Å²) in [6.45, 7) is 33.7. The van der Waals surface area contributed by atoms with Gasteiger partial charge in [-0.05, 0) is 140 Å². The lowest BCUT2D eigenvalue weighted by Gasteiger charge is -2.33. The van der Waals surface area contributed by atoms with Crippen LogP contribution in [-0.2, 0) is 118 Å². The number of allylic oxidation sites excluding steroid dienone is 2. The summed E-state index contributed by atoms with van der Waals surface area (Å²) < 4.78 is 50.6. The molecule has 146 heavy (non-hydrogen) atoms. The van der Waals surface area contributed by atoms with Crippen LogP contribution in [0.1, 0.15) is 188 Å². The Hall–Kier alpha value is -13.1. The third-order valence-electron chi connectivity index (χ3n) is 24.6. The van der Waals surface area contributed by atoms with Crippen molar-refractivity contribution in [3.63, 3.8) is 0 Å². The highest BCUT2D eigenvalue weighted by atomic mass is 16.7. The van der Waals surface area contributed by atoms with E-state index in [1.54, 1.807) is 128 Å². The van der Waals surface area contributed by atoms with Gasteiger partial charge in [0.05, 0.1) is 57.7 Å². The fourth-order valence-corrected chi connectivity index (χ4v) is 15.1. The first kappa shape index (κ1) is 127. The quantitative estimate of drug-likeness (QED) is 0.00680. The van der Waals surface area contributed by atoms with Crippen LogP contribution in [0.25, 0.3) is 0 Å². The summed E-state index contributed by atoms with van der Waals surface area (Å²) in [5.41, 5.74) is 7.41. The number of cyclic esters (lactones) is 4. The summed E-state index contributed by atoms with van der Waals surface area (Å²) in [7, 11) is 5.62. The number of carbonyl (C=O) groups is 16. The minimum atomic E-state index is -1.37. The van der Waals surface area contributed by atoms with Crippen LogP contribution in [-0.4, -0.2) is 309 Å². The molecule has 11 N–H and O–H groups in total.